The van der Waals surface area contributed by atoms with Crippen LogP contribution in [-0.4, -0.2) is 12.6 Å². The SMILES string of the molecule is CCOC(=O)Cc1c(C#N)cc(Cl)cc1CN. The largest absolute Gasteiger partial charge is 0.466 e. The predicted molar refractivity (Wildman–Crippen MR) is 64.4 cm³/mol. The fraction of sp³-hybridized carbons (Fsp3) is 0.333. The van der Waals surface area contributed by atoms with Crippen molar-refractivity contribution in [1.29, 1.82) is 5.26 Å². The van der Waals surface area contributed by atoms with E-state index in [1.54, 1.807) is 13.0 Å². The van der Waals surface area contributed by atoms with Crippen LogP contribution in [0.15, 0.2) is 12.1 Å². The molecule has 0 bridgehead atoms. The van der Waals surface area contributed by atoms with Gasteiger partial charge in [-0.3, -0.25) is 4.79 Å². The minimum Gasteiger partial charge on any atom is -0.466 e. The molecule has 17 heavy (non-hydrogen) atoms. The van der Waals surface area contributed by atoms with Gasteiger partial charge in [-0.1, -0.05) is 11.6 Å². The van der Waals surface area contributed by atoms with E-state index in [4.69, 9.17) is 27.3 Å². The van der Waals surface area contributed by atoms with Gasteiger partial charge in [-0.05, 0) is 30.2 Å². The number of halogens is 1. The molecular formula is C12H13ClN2O2. The number of nitrogens with two attached hydrogens (primary N) is 1. The molecule has 4 nitrogen and oxygen atoms in total. The molecule has 90 valence electrons. The number of rotatable bonds is 4. The van der Waals surface area contributed by atoms with Gasteiger partial charge in [-0.15, -0.1) is 0 Å². The van der Waals surface area contributed by atoms with Gasteiger partial charge in [0.05, 0.1) is 24.7 Å². The highest BCUT2D eigenvalue weighted by Gasteiger charge is 2.14. The second kappa shape index (κ2) is 6.24. The molecule has 0 saturated heterocycles. The van der Waals surface area contributed by atoms with Gasteiger partial charge >= 0.3 is 5.97 Å². The van der Waals surface area contributed by atoms with Crippen LogP contribution in [0.3, 0.4) is 0 Å². The molecule has 5 heteroatoms. The maximum Gasteiger partial charge on any atom is 0.310 e. The van der Waals surface area contributed by atoms with Gasteiger partial charge in [-0.25, -0.2) is 0 Å². The molecule has 0 aliphatic carbocycles. The summed E-state index contributed by atoms with van der Waals surface area (Å²) in [5.41, 5.74) is 7.23. The van der Waals surface area contributed by atoms with Gasteiger partial charge < -0.3 is 10.5 Å². The Labute approximate surface area is 105 Å². The van der Waals surface area contributed by atoms with Crippen LogP contribution in [0.25, 0.3) is 0 Å². The Bertz CT molecular complexity index is 466. The Morgan fingerprint density at radius 2 is 2.29 bits per heavy atom. The van der Waals surface area contributed by atoms with Gasteiger partial charge in [0.15, 0.2) is 0 Å². The summed E-state index contributed by atoms with van der Waals surface area (Å²) in [5, 5.41) is 9.44. The highest BCUT2D eigenvalue weighted by molar-refractivity contribution is 6.30. The van der Waals surface area contributed by atoms with Crippen LogP contribution in [0.2, 0.25) is 5.02 Å². The normalized spacial score (nSPS) is 9.76. The van der Waals surface area contributed by atoms with Gasteiger partial charge in [0.1, 0.15) is 0 Å². The van der Waals surface area contributed by atoms with E-state index in [1.165, 1.54) is 6.07 Å². The summed E-state index contributed by atoms with van der Waals surface area (Å²) in [6.45, 7) is 2.27. The zero-order chi connectivity index (χ0) is 12.8. The van der Waals surface area contributed by atoms with Crippen molar-refractivity contribution in [2.75, 3.05) is 6.61 Å². The van der Waals surface area contributed by atoms with Crippen molar-refractivity contribution >= 4 is 17.6 Å². The average Bonchev–Trinajstić information content (AvgIpc) is 2.31. The number of hydrogen-bond acceptors (Lipinski definition) is 4. The number of carbonyl (C=O) groups excluding carboxylic acids is 1. The van der Waals surface area contributed by atoms with Crippen LogP contribution < -0.4 is 5.73 Å². The highest BCUT2D eigenvalue weighted by Crippen LogP contribution is 2.21. The Balaban J connectivity index is 3.12. The van der Waals surface area contributed by atoms with Crippen molar-refractivity contribution in [3.05, 3.63) is 33.8 Å². The van der Waals surface area contributed by atoms with E-state index in [2.05, 4.69) is 0 Å². The van der Waals surface area contributed by atoms with Gasteiger partial charge in [-0.2, -0.15) is 5.26 Å². The second-order valence-corrected chi connectivity index (χ2v) is 3.83. The molecule has 0 fully saturated rings. The third-order valence-corrected chi connectivity index (χ3v) is 2.49. The zero-order valence-electron chi connectivity index (χ0n) is 9.50. The third kappa shape index (κ3) is 3.45. The Kier molecular flexibility index (Phi) is 4.95. The van der Waals surface area contributed by atoms with Crippen LogP contribution in [0.4, 0.5) is 0 Å². The molecule has 1 rings (SSSR count). The van der Waals surface area contributed by atoms with Crippen LogP contribution in [0.5, 0.6) is 0 Å². The summed E-state index contributed by atoms with van der Waals surface area (Å²) < 4.78 is 4.85. The number of benzene rings is 1. The van der Waals surface area contributed by atoms with E-state index >= 15 is 0 Å². The van der Waals surface area contributed by atoms with Crippen molar-refractivity contribution in [3.8, 4) is 6.07 Å². The molecule has 0 unspecified atom stereocenters. The molecular weight excluding hydrogens is 240 g/mol. The molecule has 1 aromatic rings. The van der Waals surface area contributed by atoms with E-state index < -0.39 is 0 Å². The Morgan fingerprint density at radius 3 is 2.82 bits per heavy atom. The number of ether oxygens (including phenoxy) is 1. The first-order chi connectivity index (χ1) is 8.12. The van der Waals surface area contributed by atoms with Crippen LogP contribution in [0.1, 0.15) is 23.6 Å². The molecule has 0 radical (unpaired) electrons. The van der Waals surface area contributed by atoms with Crippen LogP contribution in [0, 0.1) is 11.3 Å². The first kappa shape index (κ1) is 13.5. The maximum atomic E-state index is 11.4. The van der Waals surface area contributed by atoms with Gasteiger partial charge in [0.2, 0.25) is 0 Å². The second-order valence-electron chi connectivity index (χ2n) is 3.39. The number of carbonyl (C=O) groups is 1. The standard InChI is InChI=1S/C12H13ClN2O2/c1-2-17-12(16)5-11-8(6-14)3-10(13)4-9(11)7-15/h3-4H,2,5-6,14H2,1H3. The van der Waals surface area contributed by atoms with E-state index in [0.29, 0.717) is 28.3 Å². The summed E-state index contributed by atoms with van der Waals surface area (Å²) in [7, 11) is 0. The number of nitrogens with zero attached hydrogens (tertiary/aromatic N) is 1. The topological polar surface area (TPSA) is 76.1 Å². The van der Waals surface area contributed by atoms with E-state index in [1.807, 2.05) is 6.07 Å². The Morgan fingerprint density at radius 1 is 1.59 bits per heavy atom. The fourth-order valence-electron chi connectivity index (χ4n) is 1.54. The molecule has 0 spiro atoms. The van der Waals surface area contributed by atoms with E-state index in [0.717, 1.165) is 0 Å². The van der Waals surface area contributed by atoms with Crippen LogP contribution in [-0.2, 0) is 22.5 Å². The summed E-state index contributed by atoms with van der Waals surface area (Å²) in [4.78, 5) is 11.4. The molecule has 0 heterocycles. The van der Waals surface area contributed by atoms with E-state index in [-0.39, 0.29) is 18.9 Å². The van der Waals surface area contributed by atoms with Crippen molar-refractivity contribution in [3.63, 3.8) is 0 Å². The van der Waals surface area contributed by atoms with Crippen molar-refractivity contribution in [1.82, 2.24) is 0 Å². The van der Waals surface area contributed by atoms with Crippen molar-refractivity contribution in [2.45, 2.75) is 19.9 Å². The van der Waals surface area contributed by atoms with Gasteiger partial charge in [0.25, 0.3) is 0 Å². The first-order valence-corrected chi connectivity index (χ1v) is 5.57. The summed E-state index contributed by atoms with van der Waals surface area (Å²) >= 11 is 5.85. The molecule has 0 saturated carbocycles. The lowest BCUT2D eigenvalue weighted by Gasteiger charge is -2.10. The quantitative estimate of drug-likeness (QED) is 0.829. The lowest BCUT2D eigenvalue weighted by Crippen LogP contribution is -2.12. The summed E-state index contributed by atoms with van der Waals surface area (Å²) in [6, 6.07) is 5.20. The lowest BCUT2D eigenvalue weighted by atomic mass is 9.99. The average molecular weight is 253 g/mol. The number of hydrogen-bond donors (Lipinski definition) is 1. The van der Waals surface area contributed by atoms with E-state index in [9.17, 15) is 4.79 Å². The van der Waals surface area contributed by atoms with Crippen molar-refractivity contribution < 1.29 is 9.53 Å². The zero-order valence-corrected chi connectivity index (χ0v) is 10.3. The summed E-state index contributed by atoms with van der Waals surface area (Å²) in [6.07, 6.45) is 0.0421. The molecule has 0 aromatic heterocycles. The lowest BCUT2D eigenvalue weighted by molar-refractivity contribution is -0.142. The number of esters is 1. The Hall–Kier alpha value is -1.57. The fourth-order valence-corrected chi connectivity index (χ4v) is 1.78. The first-order valence-electron chi connectivity index (χ1n) is 5.19. The molecule has 1 aromatic carbocycles. The van der Waals surface area contributed by atoms with Gasteiger partial charge in [0, 0.05) is 11.6 Å². The number of nitriles is 1. The predicted octanol–water partition coefficient (Wildman–Crippen LogP) is 1.78. The molecule has 0 amide bonds. The van der Waals surface area contributed by atoms with Crippen molar-refractivity contribution in [2.24, 2.45) is 5.73 Å². The maximum absolute atomic E-state index is 11.4. The highest BCUT2D eigenvalue weighted by atomic mass is 35.5. The summed E-state index contributed by atoms with van der Waals surface area (Å²) in [5.74, 6) is -0.374. The molecule has 0 aliphatic heterocycles. The smallest absolute Gasteiger partial charge is 0.310 e. The molecule has 0 atom stereocenters. The van der Waals surface area contributed by atoms with Crippen LogP contribution >= 0.6 is 11.6 Å². The minimum atomic E-state index is -0.374. The third-order valence-electron chi connectivity index (χ3n) is 2.27. The molecule has 2 N–H and O–H groups in total. The monoisotopic (exact) mass is 252 g/mol. The molecule has 0 aliphatic rings. The minimum absolute atomic E-state index is 0.0421.